The zero-order valence-corrected chi connectivity index (χ0v) is 11.5. The van der Waals surface area contributed by atoms with Gasteiger partial charge in [0.1, 0.15) is 0 Å². The predicted molar refractivity (Wildman–Crippen MR) is 42.5 cm³/mol. The fourth-order valence-electron chi connectivity index (χ4n) is 0.203. The van der Waals surface area contributed by atoms with Gasteiger partial charge in [-0.25, -0.2) is 0 Å². The SMILES string of the molecule is CCOC(C)=O.CO.O=P([O-])(O)O.[Na+]. The van der Waals surface area contributed by atoms with Crippen molar-refractivity contribution in [3.05, 3.63) is 0 Å². The molecule has 0 radical (unpaired) electrons. The minimum atomic E-state index is -4.89. The fourth-order valence-corrected chi connectivity index (χ4v) is 0.203. The number of phosphoric acid groups is 1. The van der Waals surface area contributed by atoms with Crippen LogP contribution in [0.25, 0.3) is 0 Å². The summed E-state index contributed by atoms with van der Waals surface area (Å²) in [7, 11) is -3.89. The van der Waals surface area contributed by atoms with Gasteiger partial charge in [-0.2, -0.15) is 0 Å². The van der Waals surface area contributed by atoms with Gasteiger partial charge in [-0.3, -0.25) is 9.36 Å². The third kappa shape index (κ3) is 133. The van der Waals surface area contributed by atoms with Crippen LogP contribution >= 0.6 is 7.82 Å². The molecule has 0 aliphatic carbocycles. The summed E-state index contributed by atoms with van der Waals surface area (Å²) in [6, 6.07) is 0. The number of rotatable bonds is 1. The van der Waals surface area contributed by atoms with E-state index >= 15 is 0 Å². The van der Waals surface area contributed by atoms with Gasteiger partial charge >= 0.3 is 35.5 Å². The van der Waals surface area contributed by atoms with Crippen LogP contribution in [0.1, 0.15) is 13.8 Å². The molecule has 0 aliphatic rings. The molecule has 0 aromatic rings. The molecule has 0 saturated carbocycles. The maximum Gasteiger partial charge on any atom is 1.00 e. The summed E-state index contributed by atoms with van der Waals surface area (Å²) in [6.45, 7) is 3.65. The second-order valence-electron chi connectivity index (χ2n) is 1.42. The number of hydrogen-bond donors (Lipinski definition) is 3. The Bertz CT molecular complexity index is 148. The van der Waals surface area contributed by atoms with Crippen molar-refractivity contribution < 1.29 is 63.4 Å². The molecular weight excluding hydrogens is 226 g/mol. The third-order valence-corrected chi connectivity index (χ3v) is 0.348. The average Bonchev–Trinajstić information content (AvgIpc) is 1.87. The monoisotopic (exact) mass is 240 g/mol. The van der Waals surface area contributed by atoms with Gasteiger partial charge in [0.2, 0.25) is 0 Å². The second kappa shape index (κ2) is 16.0. The average molecular weight is 240 g/mol. The molecule has 0 amide bonds. The molecule has 0 aromatic heterocycles. The number of aliphatic hydroxyl groups is 1. The zero-order chi connectivity index (χ0) is 11.5. The molecule has 14 heavy (non-hydrogen) atoms. The molecule has 0 bridgehead atoms. The maximum atomic E-state index is 9.82. The Balaban J connectivity index is -0.0000000576. The first kappa shape index (κ1) is 24.0. The van der Waals surface area contributed by atoms with Crippen LogP contribution in [-0.4, -0.2) is 34.6 Å². The summed E-state index contributed by atoms with van der Waals surface area (Å²) >= 11 is 0. The quantitative estimate of drug-likeness (QED) is 0.240. The Labute approximate surface area is 105 Å². The molecule has 3 N–H and O–H groups in total. The number of esters is 1. The standard InChI is InChI=1S/C4H8O2.CH4O.Na.H3O4P/c1-3-6-4(2)5;1-2;;1-5(2,3)4/h3H2,1-2H3;2H,1H3;;(H3,1,2,3,4)/q;;+1;/p-1. The van der Waals surface area contributed by atoms with Crippen molar-refractivity contribution >= 4 is 13.8 Å². The maximum absolute atomic E-state index is 9.82. The van der Waals surface area contributed by atoms with Crippen LogP contribution in [0.4, 0.5) is 0 Å². The summed E-state index contributed by atoms with van der Waals surface area (Å²) in [4.78, 5) is 32.7. The van der Waals surface area contributed by atoms with E-state index in [9.17, 15) is 4.79 Å². The van der Waals surface area contributed by atoms with E-state index in [0.717, 1.165) is 7.11 Å². The van der Waals surface area contributed by atoms with Crippen LogP contribution in [0.2, 0.25) is 0 Å². The van der Waals surface area contributed by atoms with Crippen molar-refractivity contribution in [3.63, 3.8) is 0 Å². The largest absolute Gasteiger partial charge is 1.00 e. The van der Waals surface area contributed by atoms with E-state index in [1.165, 1.54) is 6.92 Å². The van der Waals surface area contributed by atoms with Crippen LogP contribution in [0.5, 0.6) is 0 Å². The molecule has 7 nitrogen and oxygen atoms in total. The predicted octanol–water partition coefficient (Wildman–Crippen LogP) is -4.38. The fraction of sp³-hybridized carbons (Fsp3) is 0.800. The minimum absolute atomic E-state index is 0. The molecular formula is C5H14NaO7P. The number of aliphatic hydroxyl groups excluding tert-OH is 1. The number of hydrogen-bond acceptors (Lipinski definition) is 5. The van der Waals surface area contributed by atoms with Crippen LogP contribution in [0.3, 0.4) is 0 Å². The van der Waals surface area contributed by atoms with Crippen molar-refractivity contribution in [1.29, 1.82) is 0 Å². The molecule has 0 unspecified atom stereocenters. The molecule has 0 fully saturated rings. The summed E-state index contributed by atoms with van der Waals surface area (Å²) < 4.78 is 13.2. The van der Waals surface area contributed by atoms with E-state index in [1.807, 2.05) is 0 Å². The van der Waals surface area contributed by atoms with E-state index in [4.69, 9.17) is 24.4 Å². The van der Waals surface area contributed by atoms with E-state index in [1.54, 1.807) is 6.92 Å². The van der Waals surface area contributed by atoms with Crippen molar-refractivity contribution in [2.75, 3.05) is 13.7 Å². The molecule has 0 aromatic carbocycles. The van der Waals surface area contributed by atoms with Crippen LogP contribution in [0, 0.1) is 0 Å². The normalized spacial score (nSPS) is 7.93. The van der Waals surface area contributed by atoms with Gasteiger partial charge in [-0.05, 0) is 6.92 Å². The number of ether oxygens (including phenoxy) is 1. The molecule has 82 valence electrons. The Kier molecular flexibility index (Phi) is 27.4. The van der Waals surface area contributed by atoms with E-state index in [0.29, 0.717) is 6.61 Å². The first-order valence-electron chi connectivity index (χ1n) is 3.12. The van der Waals surface area contributed by atoms with Gasteiger partial charge in [0.15, 0.2) is 0 Å². The Morgan fingerprint density at radius 1 is 1.43 bits per heavy atom. The molecule has 0 saturated heterocycles. The molecule has 0 aliphatic heterocycles. The van der Waals surface area contributed by atoms with Gasteiger partial charge in [0.05, 0.1) is 6.61 Å². The number of carbonyl (C=O) groups excluding carboxylic acids is 1. The van der Waals surface area contributed by atoms with Gasteiger partial charge in [-0.15, -0.1) is 0 Å². The molecule has 0 atom stereocenters. The minimum Gasteiger partial charge on any atom is -0.756 e. The van der Waals surface area contributed by atoms with Crippen LogP contribution in [-0.2, 0) is 14.1 Å². The summed E-state index contributed by atoms with van der Waals surface area (Å²) in [5, 5.41) is 7.00. The molecule has 0 spiro atoms. The third-order valence-electron chi connectivity index (χ3n) is 0.348. The Morgan fingerprint density at radius 2 is 1.64 bits per heavy atom. The Hall–Kier alpha value is 0.540. The summed E-state index contributed by atoms with van der Waals surface area (Å²) in [5.74, 6) is -0.211. The smallest absolute Gasteiger partial charge is 0.756 e. The number of carbonyl (C=O) groups is 1. The van der Waals surface area contributed by atoms with Gasteiger partial charge < -0.3 is 24.5 Å². The topological polar surface area (TPSA) is 127 Å². The molecule has 0 rings (SSSR count). The van der Waals surface area contributed by atoms with Crippen molar-refractivity contribution in [3.8, 4) is 0 Å². The first-order valence-corrected chi connectivity index (χ1v) is 4.65. The van der Waals surface area contributed by atoms with Gasteiger partial charge in [0, 0.05) is 14.0 Å². The molecule has 9 heteroatoms. The summed E-state index contributed by atoms with van der Waals surface area (Å²) in [6.07, 6.45) is 0. The van der Waals surface area contributed by atoms with Crippen molar-refractivity contribution in [1.82, 2.24) is 0 Å². The van der Waals surface area contributed by atoms with E-state index < -0.39 is 7.82 Å². The zero-order valence-electron chi connectivity index (χ0n) is 8.63. The van der Waals surface area contributed by atoms with Crippen LogP contribution in [0.15, 0.2) is 0 Å². The van der Waals surface area contributed by atoms with E-state index in [-0.39, 0.29) is 35.5 Å². The van der Waals surface area contributed by atoms with Gasteiger partial charge in [-0.1, -0.05) is 0 Å². The van der Waals surface area contributed by atoms with E-state index in [2.05, 4.69) is 4.74 Å². The second-order valence-corrected chi connectivity index (χ2v) is 2.40. The molecule has 0 heterocycles. The first-order chi connectivity index (χ1) is 5.77. The van der Waals surface area contributed by atoms with Crippen LogP contribution < -0.4 is 34.5 Å². The van der Waals surface area contributed by atoms with Crippen molar-refractivity contribution in [2.24, 2.45) is 0 Å². The van der Waals surface area contributed by atoms with Crippen molar-refractivity contribution in [2.45, 2.75) is 13.8 Å². The Morgan fingerprint density at radius 3 is 1.64 bits per heavy atom. The summed E-state index contributed by atoms with van der Waals surface area (Å²) in [5.41, 5.74) is 0. The van der Waals surface area contributed by atoms with Gasteiger partial charge in [0.25, 0.3) is 7.82 Å².